The Kier molecular flexibility index (Phi) is 6.08. The maximum absolute atomic E-state index is 14.3. The van der Waals surface area contributed by atoms with Crippen LogP contribution in [0.3, 0.4) is 0 Å². The van der Waals surface area contributed by atoms with Gasteiger partial charge in [0.2, 0.25) is 5.82 Å². The van der Waals surface area contributed by atoms with E-state index in [9.17, 15) is 9.18 Å². The summed E-state index contributed by atoms with van der Waals surface area (Å²) >= 11 is 0. The molecule has 0 spiro atoms. The van der Waals surface area contributed by atoms with E-state index in [0.717, 1.165) is 41.5 Å². The smallest absolute Gasteiger partial charge is 0.306 e. The number of hydrogen-bond acceptors (Lipinski definition) is 5. The van der Waals surface area contributed by atoms with E-state index in [-0.39, 0.29) is 23.8 Å². The quantitative estimate of drug-likeness (QED) is 0.323. The molecule has 2 aliphatic carbocycles. The van der Waals surface area contributed by atoms with Gasteiger partial charge in [-0.25, -0.2) is 4.39 Å². The lowest BCUT2D eigenvalue weighted by Gasteiger charge is -2.38. The maximum Gasteiger partial charge on any atom is 0.306 e. The van der Waals surface area contributed by atoms with E-state index in [1.807, 2.05) is 37.3 Å². The Balaban J connectivity index is 1.20. The van der Waals surface area contributed by atoms with E-state index in [1.165, 1.54) is 17.2 Å². The highest BCUT2D eigenvalue weighted by atomic mass is 19.1. The van der Waals surface area contributed by atoms with Crippen LogP contribution in [0.15, 0.2) is 65.2 Å². The van der Waals surface area contributed by atoms with E-state index in [2.05, 4.69) is 27.6 Å². The van der Waals surface area contributed by atoms with Gasteiger partial charge in [0, 0.05) is 28.8 Å². The molecule has 3 aromatic carbocycles. The molecule has 188 valence electrons. The van der Waals surface area contributed by atoms with Crippen molar-refractivity contribution in [3.8, 4) is 34.0 Å². The standard InChI is InChI=1S/C30H28FN3O3/c1-17-13-20(10-11-23(17)25-6-2-3-7-26(25)31)29-33-28(34-37-29)19-9-12-24-18(14-19)5-4-8-27(24)32-22-15-21(16-22)30(35)36/h2-3,6-7,9-14,21-22,27,32H,4-5,8,15-16H2,1H3,(H,35,36). The lowest BCUT2D eigenvalue weighted by molar-refractivity contribution is -0.145. The maximum atomic E-state index is 14.3. The van der Waals surface area contributed by atoms with Crippen LogP contribution in [0.4, 0.5) is 4.39 Å². The van der Waals surface area contributed by atoms with Gasteiger partial charge < -0.3 is 14.9 Å². The number of fused-ring (bicyclic) bond motifs is 1. The molecular formula is C30H28FN3O3. The number of carbonyl (C=O) groups is 1. The second kappa shape index (κ2) is 9.56. The molecule has 0 radical (unpaired) electrons. The molecule has 2 aliphatic rings. The highest BCUT2D eigenvalue weighted by molar-refractivity contribution is 5.72. The monoisotopic (exact) mass is 497 g/mol. The Morgan fingerprint density at radius 3 is 2.65 bits per heavy atom. The highest BCUT2D eigenvalue weighted by Crippen LogP contribution is 2.36. The second-order valence-electron chi connectivity index (χ2n) is 10.2. The van der Waals surface area contributed by atoms with Crippen molar-refractivity contribution in [2.24, 2.45) is 5.92 Å². The fourth-order valence-corrected chi connectivity index (χ4v) is 5.60. The zero-order valence-corrected chi connectivity index (χ0v) is 20.6. The summed E-state index contributed by atoms with van der Waals surface area (Å²) < 4.78 is 19.9. The van der Waals surface area contributed by atoms with Crippen molar-refractivity contribution in [1.29, 1.82) is 0 Å². The Labute approximate surface area is 214 Å². The fraction of sp³-hybridized carbons (Fsp3) is 0.300. The number of rotatable bonds is 6. The third-order valence-electron chi connectivity index (χ3n) is 7.70. The molecule has 6 nitrogen and oxygen atoms in total. The molecule has 1 heterocycles. The van der Waals surface area contributed by atoms with Crippen LogP contribution in [0.2, 0.25) is 0 Å². The van der Waals surface area contributed by atoms with Gasteiger partial charge in [0.15, 0.2) is 0 Å². The number of benzene rings is 3. The number of nitrogens with one attached hydrogen (secondary N) is 1. The Hall–Kier alpha value is -3.84. The molecule has 0 aliphatic heterocycles. The molecule has 1 atom stereocenters. The predicted octanol–water partition coefficient (Wildman–Crippen LogP) is 6.35. The second-order valence-corrected chi connectivity index (χ2v) is 10.2. The molecule has 2 N–H and O–H groups in total. The molecule has 0 bridgehead atoms. The van der Waals surface area contributed by atoms with E-state index >= 15 is 0 Å². The number of carboxylic acid groups (broad SMARTS) is 1. The number of aromatic nitrogens is 2. The van der Waals surface area contributed by atoms with E-state index in [1.54, 1.807) is 12.1 Å². The summed E-state index contributed by atoms with van der Waals surface area (Å²) in [5.41, 5.74) is 6.57. The Bertz CT molecular complexity index is 1470. The van der Waals surface area contributed by atoms with Gasteiger partial charge in [-0.3, -0.25) is 4.79 Å². The lowest BCUT2D eigenvalue weighted by atomic mass is 9.78. The molecular weight excluding hydrogens is 469 g/mol. The first kappa shape index (κ1) is 23.6. The van der Waals surface area contributed by atoms with Gasteiger partial charge >= 0.3 is 5.97 Å². The fourth-order valence-electron chi connectivity index (χ4n) is 5.60. The first-order valence-corrected chi connectivity index (χ1v) is 12.8. The van der Waals surface area contributed by atoms with Gasteiger partial charge in [0.25, 0.3) is 5.89 Å². The van der Waals surface area contributed by atoms with Gasteiger partial charge in [-0.15, -0.1) is 0 Å². The van der Waals surface area contributed by atoms with Crippen molar-refractivity contribution in [3.05, 3.63) is 83.2 Å². The molecule has 1 fully saturated rings. The topological polar surface area (TPSA) is 88.2 Å². The van der Waals surface area contributed by atoms with E-state index in [0.29, 0.717) is 30.1 Å². The van der Waals surface area contributed by atoms with Crippen molar-refractivity contribution in [2.75, 3.05) is 0 Å². The summed E-state index contributed by atoms with van der Waals surface area (Å²) in [5.74, 6) is -0.196. The van der Waals surface area contributed by atoms with Crippen molar-refractivity contribution in [3.63, 3.8) is 0 Å². The summed E-state index contributed by atoms with van der Waals surface area (Å²) in [6.45, 7) is 1.95. The molecule has 7 heteroatoms. The average Bonchev–Trinajstić information content (AvgIpc) is 3.36. The molecule has 37 heavy (non-hydrogen) atoms. The van der Waals surface area contributed by atoms with Gasteiger partial charge in [-0.05, 0) is 85.5 Å². The van der Waals surface area contributed by atoms with Crippen molar-refractivity contribution in [2.45, 2.75) is 51.1 Å². The Morgan fingerprint density at radius 2 is 1.86 bits per heavy atom. The van der Waals surface area contributed by atoms with E-state index in [4.69, 9.17) is 9.63 Å². The van der Waals surface area contributed by atoms with Gasteiger partial charge in [0.1, 0.15) is 5.82 Å². The number of aryl methyl sites for hydroxylation is 2. The van der Waals surface area contributed by atoms with Crippen LogP contribution in [0.25, 0.3) is 34.0 Å². The predicted molar refractivity (Wildman–Crippen MR) is 138 cm³/mol. The number of hydrogen-bond donors (Lipinski definition) is 2. The van der Waals surface area contributed by atoms with Crippen LogP contribution in [-0.2, 0) is 11.2 Å². The summed E-state index contributed by atoms with van der Waals surface area (Å²) in [7, 11) is 0. The van der Waals surface area contributed by atoms with Crippen molar-refractivity contribution >= 4 is 5.97 Å². The molecule has 6 rings (SSSR count). The largest absolute Gasteiger partial charge is 0.481 e. The highest BCUT2D eigenvalue weighted by Gasteiger charge is 2.36. The number of nitrogens with zero attached hydrogens (tertiary/aromatic N) is 2. The van der Waals surface area contributed by atoms with Crippen LogP contribution in [-0.4, -0.2) is 27.3 Å². The third kappa shape index (κ3) is 4.55. The van der Waals surface area contributed by atoms with Crippen LogP contribution >= 0.6 is 0 Å². The lowest BCUT2D eigenvalue weighted by Crippen LogP contribution is -2.46. The van der Waals surface area contributed by atoms with Crippen LogP contribution in [0.1, 0.15) is 48.4 Å². The minimum absolute atomic E-state index is 0.213. The summed E-state index contributed by atoms with van der Waals surface area (Å²) in [5, 5.41) is 17.1. The van der Waals surface area contributed by atoms with Crippen LogP contribution < -0.4 is 5.32 Å². The molecule has 1 saturated carbocycles. The van der Waals surface area contributed by atoms with Crippen LogP contribution in [0, 0.1) is 18.7 Å². The minimum Gasteiger partial charge on any atom is -0.481 e. The molecule has 0 saturated heterocycles. The average molecular weight is 498 g/mol. The molecule has 1 aromatic heterocycles. The van der Waals surface area contributed by atoms with Gasteiger partial charge in [-0.2, -0.15) is 4.98 Å². The minimum atomic E-state index is -0.692. The summed E-state index contributed by atoms with van der Waals surface area (Å²) in [4.78, 5) is 15.8. The number of halogens is 1. The molecule has 0 amide bonds. The zero-order chi connectivity index (χ0) is 25.5. The van der Waals surface area contributed by atoms with Gasteiger partial charge in [-0.1, -0.05) is 41.6 Å². The van der Waals surface area contributed by atoms with E-state index < -0.39 is 5.97 Å². The third-order valence-corrected chi connectivity index (χ3v) is 7.70. The Morgan fingerprint density at radius 1 is 1.05 bits per heavy atom. The van der Waals surface area contributed by atoms with Crippen molar-refractivity contribution < 1.29 is 18.8 Å². The number of aliphatic carboxylic acids is 1. The zero-order valence-electron chi connectivity index (χ0n) is 20.6. The SMILES string of the molecule is Cc1cc(-c2nc(-c3ccc4c(c3)CCCC4NC3CC(C(=O)O)C3)no2)ccc1-c1ccccc1F. The van der Waals surface area contributed by atoms with Crippen LogP contribution in [0.5, 0.6) is 0 Å². The first-order valence-electron chi connectivity index (χ1n) is 12.8. The number of carboxylic acids is 1. The normalized spacial score (nSPS) is 20.8. The molecule has 1 unspecified atom stereocenters. The molecule has 4 aromatic rings. The van der Waals surface area contributed by atoms with Gasteiger partial charge in [0.05, 0.1) is 5.92 Å². The summed E-state index contributed by atoms with van der Waals surface area (Å²) in [6.07, 6.45) is 4.52. The first-order chi connectivity index (χ1) is 18.0. The summed E-state index contributed by atoms with van der Waals surface area (Å²) in [6, 6.07) is 19.3. The van der Waals surface area contributed by atoms with Crippen molar-refractivity contribution in [1.82, 2.24) is 15.5 Å².